The summed E-state index contributed by atoms with van der Waals surface area (Å²) in [7, 11) is -3.46. The second-order valence-electron chi connectivity index (χ2n) is 5.90. The van der Waals surface area contributed by atoms with Gasteiger partial charge in [0, 0.05) is 24.2 Å². The van der Waals surface area contributed by atoms with Crippen LogP contribution in [-0.2, 0) is 10.0 Å². The summed E-state index contributed by atoms with van der Waals surface area (Å²) >= 11 is 5.95. The zero-order valence-electron chi connectivity index (χ0n) is 11.8. The number of benzene rings is 1. The van der Waals surface area contributed by atoms with Crippen molar-refractivity contribution in [1.82, 2.24) is 4.31 Å². The largest absolute Gasteiger partial charge is 0.327 e. The molecular formula is C14H20Cl2N2O2S. The highest BCUT2D eigenvalue weighted by Crippen LogP contribution is 2.39. The quantitative estimate of drug-likeness (QED) is 0.890. The minimum Gasteiger partial charge on any atom is -0.327 e. The molecule has 1 aliphatic carbocycles. The number of halogens is 2. The zero-order valence-corrected chi connectivity index (χ0v) is 14.2. The molecule has 21 heavy (non-hydrogen) atoms. The fourth-order valence-electron chi connectivity index (χ4n) is 3.45. The van der Waals surface area contributed by atoms with E-state index in [2.05, 4.69) is 0 Å². The Balaban J connectivity index is 0.00000161. The fraction of sp³-hybridized carbons (Fsp3) is 0.571. The molecule has 7 heteroatoms. The lowest BCUT2D eigenvalue weighted by atomic mass is 9.98. The van der Waals surface area contributed by atoms with Gasteiger partial charge in [-0.05, 0) is 49.3 Å². The number of rotatable bonds is 2. The van der Waals surface area contributed by atoms with E-state index in [0.29, 0.717) is 34.8 Å². The fourth-order valence-corrected chi connectivity index (χ4v) is 5.48. The van der Waals surface area contributed by atoms with Crippen LogP contribution in [0.3, 0.4) is 0 Å². The predicted molar refractivity (Wildman–Crippen MR) is 86.4 cm³/mol. The topological polar surface area (TPSA) is 63.4 Å². The second-order valence-corrected chi connectivity index (χ2v) is 8.24. The van der Waals surface area contributed by atoms with Crippen molar-refractivity contribution in [3.63, 3.8) is 0 Å². The minimum absolute atomic E-state index is 0. The molecule has 0 spiro atoms. The first-order valence-electron chi connectivity index (χ1n) is 6.91. The maximum Gasteiger partial charge on any atom is 0.243 e. The van der Waals surface area contributed by atoms with Gasteiger partial charge in [-0.1, -0.05) is 17.7 Å². The van der Waals surface area contributed by atoms with Crippen molar-refractivity contribution >= 4 is 34.0 Å². The van der Waals surface area contributed by atoms with E-state index in [9.17, 15) is 8.42 Å². The van der Waals surface area contributed by atoms with Crippen LogP contribution in [0.25, 0.3) is 0 Å². The predicted octanol–water partition coefficient (Wildman–Crippen LogP) is 2.43. The van der Waals surface area contributed by atoms with Crippen molar-refractivity contribution in [2.24, 2.45) is 17.6 Å². The van der Waals surface area contributed by atoms with Gasteiger partial charge in [0.15, 0.2) is 0 Å². The van der Waals surface area contributed by atoms with Crippen LogP contribution in [0.5, 0.6) is 0 Å². The third-order valence-corrected chi connectivity index (χ3v) is 6.86. The Kier molecular flexibility index (Phi) is 4.90. The molecule has 0 bridgehead atoms. The number of nitrogens with zero attached hydrogens (tertiary/aromatic N) is 1. The van der Waals surface area contributed by atoms with Crippen molar-refractivity contribution in [2.45, 2.75) is 30.7 Å². The summed E-state index contributed by atoms with van der Waals surface area (Å²) in [5.41, 5.74) is 6.81. The molecule has 1 aromatic rings. The van der Waals surface area contributed by atoms with Crippen molar-refractivity contribution in [2.75, 3.05) is 13.1 Å². The van der Waals surface area contributed by atoms with Gasteiger partial charge in [0.05, 0.1) is 4.90 Å². The summed E-state index contributed by atoms with van der Waals surface area (Å²) in [6.45, 7) is 2.93. The second kappa shape index (κ2) is 6.05. The smallest absolute Gasteiger partial charge is 0.243 e. The van der Waals surface area contributed by atoms with Crippen LogP contribution < -0.4 is 5.73 Å². The molecule has 3 atom stereocenters. The van der Waals surface area contributed by atoms with Gasteiger partial charge < -0.3 is 5.73 Å². The Morgan fingerprint density at radius 2 is 2.00 bits per heavy atom. The lowest BCUT2D eigenvalue weighted by Crippen LogP contribution is -2.33. The summed E-state index contributed by atoms with van der Waals surface area (Å²) in [4.78, 5) is 0.318. The molecule has 3 rings (SSSR count). The number of sulfonamides is 1. The van der Waals surface area contributed by atoms with Gasteiger partial charge in [-0.2, -0.15) is 4.31 Å². The van der Waals surface area contributed by atoms with Crippen LogP contribution in [-0.4, -0.2) is 31.9 Å². The van der Waals surface area contributed by atoms with E-state index in [-0.39, 0.29) is 18.4 Å². The van der Waals surface area contributed by atoms with E-state index in [4.69, 9.17) is 17.3 Å². The van der Waals surface area contributed by atoms with E-state index >= 15 is 0 Å². The van der Waals surface area contributed by atoms with Gasteiger partial charge >= 0.3 is 0 Å². The first kappa shape index (κ1) is 17.0. The standard InChI is InChI=1S/C14H19ClN2O2S.ClH/c1-9-2-4-11(15)6-14(9)20(18,19)17-7-10-3-5-13(16)12(10)8-17;/h2,4,6,10,12-13H,3,5,7-8,16H2,1H3;1H. The molecule has 0 amide bonds. The van der Waals surface area contributed by atoms with E-state index in [1.54, 1.807) is 29.4 Å². The summed E-state index contributed by atoms with van der Waals surface area (Å²) in [5, 5.41) is 0.449. The molecule has 1 aliphatic heterocycles. The molecule has 2 fully saturated rings. The minimum atomic E-state index is -3.46. The van der Waals surface area contributed by atoms with Gasteiger partial charge in [0.2, 0.25) is 10.0 Å². The molecule has 2 N–H and O–H groups in total. The van der Waals surface area contributed by atoms with E-state index < -0.39 is 10.0 Å². The van der Waals surface area contributed by atoms with Gasteiger partial charge in [0.25, 0.3) is 0 Å². The number of hydrogen-bond acceptors (Lipinski definition) is 3. The molecule has 0 radical (unpaired) electrons. The third-order valence-electron chi connectivity index (χ3n) is 4.65. The first-order valence-corrected chi connectivity index (χ1v) is 8.73. The SMILES string of the molecule is Cc1ccc(Cl)cc1S(=O)(=O)N1CC2CCC(N)C2C1.Cl. The third kappa shape index (κ3) is 2.94. The Hall–Kier alpha value is -0.330. The zero-order chi connectivity index (χ0) is 14.5. The van der Waals surface area contributed by atoms with Crippen LogP contribution in [0.15, 0.2) is 23.1 Å². The molecule has 3 unspecified atom stereocenters. The Morgan fingerprint density at radius 3 is 2.67 bits per heavy atom. The summed E-state index contributed by atoms with van der Waals surface area (Å²) in [6, 6.07) is 5.14. The van der Waals surface area contributed by atoms with Gasteiger partial charge in [0.1, 0.15) is 0 Å². The molecular weight excluding hydrogens is 331 g/mol. The maximum atomic E-state index is 12.8. The summed E-state index contributed by atoms with van der Waals surface area (Å²) in [5.74, 6) is 0.725. The molecule has 1 heterocycles. The molecule has 4 nitrogen and oxygen atoms in total. The van der Waals surface area contributed by atoms with Crippen LogP contribution in [0, 0.1) is 18.8 Å². The highest BCUT2D eigenvalue weighted by Gasteiger charge is 2.45. The van der Waals surface area contributed by atoms with Crippen molar-refractivity contribution in [3.8, 4) is 0 Å². The van der Waals surface area contributed by atoms with E-state index in [1.807, 2.05) is 0 Å². The number of aryl methyl sites for hydroxylation is 1. The van der Waals surface area contributed by atoms with Crippen LogP contribution in [0.2, 0.25) is 5.02 Å². The Bertz CT molecular complexity index is 636. The molecule has 1 saturated heterocycles. The van der Waals surface area contributed by atoms with Gasteiger partial charge in [-0.15, -0.1) is 12.4 Å². The maximum absolute atomic E-state index is 12.8. The molecule has 118 valence electrons. The van der Waals surface area contributed by atoms with Crippen LogP contribution in [0.4, 0.5) is 0 Å². The van der Waals surface area contributed by atoms with Gasteiger partial charge in [-0.25, -0.2) is 8.42 Å². The monoisotopic (exact) mass is 350 g/mol. The number of nitrogens with two attached hydrogens (primary N) is 1. The number of fused-ring (bicyclic) bond motifs is 1. The van der Waals surface area contributed by atoms with Crippen LogP contribution in [0.1, 0.15) is 18.4 Å². The molecule has 2 aliphatic rings. The molecule has 1 saturated carbocycles. The Morgan fingerprint density at radius 1 is 1.29 bits per heavy atom. The average Bonchev–Trinajstić information content (AvgIpc) is 2.95. The molecule has 1 aromatic carbocycles. The average molecular weight is 351 g/mol. The summed E-state index contributed by atoms with van der Waals surface area (Å²) in [6.07, 6.45) is 2.05. The lowest BCUT2D eigenvalue weighted by Gasteiger charge is -2.20. The number of hydrogen-bond donors (Lipinski definition) is 1. The molecule has 0 aromatic heterocycles. The lowest BCUT2D eigenvalue weighted by molar-refractivity contribution is 0.427. The van der Waals surface area contributed by atoms with E-state index in [1.165, 1.54) is 0 Å². The van der Waals surface area contributed by atoms with Gasteiger partial charge in [-0.3, -0.25) is 0 Å². The van der Waals surface area contributed by atoms with Crippen molar-refractivity contribution in [3.05, 3.63) is 28.8 Å². The van der Waals surface area contributed by atoms with E-state index in [0.717, 1.165) is 18.4 Å². The Labute approximate surface area is 137 Å². The highest BCUT2D eigenvalue weighted by molar-refractivity contribution is 7.89. The normalized spacial score (nSPS) is 29.2. The van der Waals surface area contributed by atoms with Crippen molar-refractivity contribution < 1.29 is 8.42 Å². The first-order chi connectivity index (χ1) is 9.39. The summed E-state index contributed by atoms with van der Waals surface area (Å²) < 4.78 is 27.1. The van der Waals surface area contributed by atoms with Crippen molar-refractivity contribution in [1.29, 1.82) is 0 Å². The highest BCUT2D eigenvalue weighted by atomic mass is 35.5. The van der Waals surface area contributed by atoms with Crippen LogP contribution >= 0.6 is 24.0 Å².